The van der Waals surface area contributed by atoms with Crippen molar-refractivity contribution < 1.29 is 169 Å². The lowest BCUT2D eigenvalue weighted by atomic mass is 9.79. The normalized spacial score (nSPS) is 16.3. The summed E-state index contributed by atoms with van der Waals surface area (Å²) in [5.41, 5.74) is -11.7. The molecule has 0 aliphatic heterocycles. The molecule has 0 aliphatic rings. The summed E-state index contributed by atoms with van der Waals surface area (Å²) in [6.07, 6.45) is -21.1. The van der Waals surface area contributed by atoms with Crippen LogP contribution in [0.2, 0.25) is 0 Å². The highest BCUT2D eigenvalue weighted by molar-refractivity contribution is 5.92. The lowest BCUT2D eigenvalue weighted by Gasteiger charge is -2.46. The van der Waals surface area contributed by atoms with Crippen LogP contribution in [0.15, 0.2) is 11.1 Å². The molecule has 0 aromatic carbocycles. The number of carbonyl (C=O) groups is 2. The van der Waals surface area contributed by atoms with E-state index in [1.165, 1.54) is 0 Å². The Hall–Kier alpha value is -3.70. The van der Waals surface area contributed by atoms with Gasteiger partial charge in [0.05, 0.1) is 11.5 Å². The van der Waals surface area contributed by atoms with Crippen molar-refractivity contribution in [2.24, 2.45) is 0 Å². The van der Waals surface area contributed by atoms with E-state index in [0.29, 0.717) is 0 Å². The molecule has 0 aliphatic carbocycles. The largest absolute Gasteiger partial charge is 0.550 e. The number of hydrogen-bond donors (Lipinski definition) is 0. The van der Waals surface area contributed by atoms with Crippen LogP contribution in [-0.2, 0) is 9.59 Å². The van der Waals surface area contributed by atoms with Gasteiger partial charge in [0.25, 0.3) is 0 Å². The smallest absolute Gasteiger partial charge is 0.460 e. The van der Waals surface area contributed by atoms with Gasteiger partial charge in [-0.15, -0.1) is 0 Å². The number of alkyl halides is 34. The van der Waals surface area contributed by atoms with Gasteiger partial charge in [0.15, 0.2) is 0 Å². The van der Waals surface area contributed by atoms with Crippen LogP contribution < -0.4 is 10.2 Å². The maximum absolute atomic E-state index is 14.9. The van der Waals surface area contributed by atoms with Crippen molar-refractivity contribution in [3.05, 3.63) is 11.1 Å². The summed E-state index contributed by atoms with van der Waals surface area (Å²) in [4.78, 5) is 21.6. The zero-order chi connectivity index (χ0) is 49.0. The van der Waals surface area contributed by atoms with Crippen LogP contribution in [-0.4, -0.2) is 107 Å². The second kappa shape index (κ2) is 13.9. The molecule has 0 saturated carbocycles. The monoisotopic (exact) mass is 964 g/mol. The van der Waals surface area contributed by atoms with E-state index in [2.05, 4.69) is 0 Å². The zero-order valence-electron chi connectivity index (χ0n) is 25.2. The molecule has 0 aromatic heterocycles. The maximum Gasteiger partial charge on any atom is 0.460 e. The minimum Gasteiger partial charge on any atom is -0.550 e. The molecule has 59 heavy (non-hydrogen) atoms. The SMILES string of the molecule is O=C([O-])CC(C(=O)[O-])=C(C(F)(F)C(F)(F)C(F)(F)C(F)(F)C(F)(F)C(F)(F)C(F)(F)C(F)(F)F)C(F)(F)C(F)(F)C(F)(F)C(F)(F)C(F)(F)C(F)(F)C(F)(F)C(F)(F)F. The molecular formula is C21H2F34O4-2. The van der Waals surface area contributed by atoms with Crippen molar-refractivity contribution in [2.75, 3.05) is 0 Å². The van der Waals surface area contributed by atoms with Gasteiger partial charge in [0.2, 0.25) is 0 Å². The number of aliphatic carboxylic acids is 2. The van der Waals surface area contributed by atoms with E-state index in [0.717, 1.165) is 0 Å². The molecule has 0 aromatic rings. The fourth-order valence-corrected chi connectivity index (χ4v) is 3.62. The summed E-state index contributed by atoms with van der Waals surface area (Å²) < 4.78 is 463. The van der Waals surface area contributed by atoms with E-state index < -0.39 is 125 Å². The Labute approximate surface area is 295 Å². The van der Waals surface area contributed by atoms with E-state index in [4.69, 9.17) is 0 Å². The van der Waals surface area contributed by atoms with E-state index in [-0.39, 0.29) is 0 Å². The fraction of sp³-hybridized carbons (Fsp3) is 0.810. The number of carbonyl (C=O) groups excluding carboxylic acids is 2. The van der Waals surface area contributed by atoms with Crippen molar-refractivity contribution >= 4 is 11.9 Å². The highest BCUT2D eigenvalue weighted by atomic mass is 19.4. The quantitative estimate of drug-likeness (QED) is 0.109. The topological polar surface area (TPSA) is 80.3 Å². The maximum atomic E-state index is 14.9. The molecular weight excluding hydrogens is 962 g/mol. The number of rotatable bonds is 17. The first kappa shape index (κ1) is 55.3. The highest BCUT2D eigenvalue weighted by Gasteiger charge is 2.99. The Morgan fingerprint density at radius 3 is 0.610 bits per heavy atom. The number of carboxylic acid groups (broad SMARTS) is 2. The molecule has 350 valence electrons. The van der Waals surface area contributed by atoms with E-state index in [9.17, 15) is 169 Å². The minimum absolute atomic E-state index is 4.06. The molecule has 0 unspecified atom stereocenters. The van der Waals surface area contributed by atoms with Crippen molar-refractivity contribution in [3.63, 3.8) is 0 Å². The van der Waals surface area contributed by atoms with Crippen LogP contribution in [0, 0.1) is 0 Å². The molecule has 0 rings (SSSR count). The lowest BCUT2D eigenvalue weighted by molar-refractivity contribution is -0.465. The van der Waals surface area contributed by atoms with Gasteiger partial charge in [-0.25, -0.2) is 0 Å². The molecule has 38 heteroatoms. The Bertz CT molecular complexity index is 1540. The second-order valence-electron chi connectivity index (χ2n) is 10.7. The molecule has 0 radical (unpaired) electrons. The molecule has 0 fully saturated rings. The van der Waals surface area contributed by atoms with Gasteiger partial charge in [0.1, 0.15) is 0 Å². The van der Waals surface area contributed by atoms with Gasteiger partial charge in [-0.05, 0) is 5.57 Å². The Balaban J connectivity index is 8.71. The molecule has 0 amide bonds. The van der Waals surface area contributed by atoms with Crippen LogP contribution >= 0.6 is 0 Å². The molecule has 0 N–H and O–H groups in total. The third-order valence-corrected chi connectivity index (χ3v) is 6.94. The van der Waals surface area contributed by atoms with Crippen molar-refractivity contribution in [3.8, 4) is 0 Å². The van der Waals surface area contributed by atoms with Gasteiger partial charge < -0.3 is 19.8 Å². The van der Waals surface area contributed by atoms with Crippen molar-refractivity contribution in [1.82, 2.24) is 0 Å². The summed E-state index contributed by atoms with van der Waals surface area (Å²) in [6, 6.07) is 0. The Morgan fingerprint density at radius 1 is 0.288 bits per heavy atom. The number of hydrogen-bond acceptors (Lipinski definition) is 4. The van der Waals surface area contributed by atoms with Gasteiger partial charge in [0, 0.05) is 12.4 Å². The van der Waals surface area contributed by atoms with Crippen LogP contribution in [0.25, 0.3) is 0 Å². The summed E-state index contributed by atoms with van der Waals surface area (Å²) in [7, 11) is 0. The first-order chi connectivity index (χ1) is 24.9. The summed E-state index contributed by atoms with van der Waals surface area (Å²) in [6.45, 7) is 0. The average molecular weight is 964 g/mol. The Kier molecular flexibility index (Phi) is 13.0. The summed E-state index contributed by atoms with van der Waals surface area (Å²) >= 11 is 0. The lowest BCUT2D eigenvalue weighted by Crippen LogP contribution is -2.76. The van der Waals surface area contributed by atoms with Gasteiger partial charge in [-0.3, -0.25) is 0 Å². The van der Waals surface area contributed by atoms with E-state index >= 15 is 0 Å². The predicted octanol–water partition coefficient (Wildman–Crippen LogP) is 8.19. The second-order valence-corrected chi connectivity index (χ2v) is 10.7. The van der Waals surface area contributed by atoms with Gasteiger partial charge in [-0.2, -0.15) is 149 Å². The van der Waals surface area contributed by atoms with Crippen LogP contribution in [0.5, 0.6) is 0 Å². The number of halogens is 34. The minimum atomic E-state index is -10.1. The predicted molar refractivity (Wildman–Crippen MR) is 103 cm³/mol. The molecule has 4 nitrogen and oxygen atoms in total. The zero-order valence-corrected chi connectivity index (χ0v) is 25.2. The first-order valence-corrected chi connectivity index (χ1v) is 12.4. The van der Waals surface area contributed by atoms with Crippen molar-refractivity contribution in [2.45, 2.75) is 102 Å². The summed E-state index contributed by atoms with van der Waals surface area (Å²) in [5.74, 6) is -146. The van der Waals surface area contributed by atoms with Gasteiger partial charge >= 0.3 is 95.3 Å². The standard InChI is InChI=1S/C21H4F34O4/c22-6(23,8(26,27)10(30,31)12(34,35)14(38,39)16(42,43)18(46,47)20(50,51)52)4(2(5(58)59)1-3(56)57)7(24,25)9(28,29)11(32,33)13(36,37)15(40,41)17(44,45)19(48,49)21(53,54)55/h1H2,(H,56,57)(H,58,59)/p-2. The number of allylic oxidation sites excluding steroid dienone is 1. The Morgan fingerprint density at radius 2 is 0.458 bits per heavy atom. The molecule has 0 saturated heterocycles. The third-order valence-electron chi connectivity index (χ3n) is 6.94. The number of carboxylic acids is 2. The molecule has 0 spiro atoms. The summed E-state index contributed by atoms with van der Waals surface area (Å²) in [5, 5.41) is 21.6. The van der Waals surface area contributed by atoms with E-state index in [1.807, 2.05) is 0 Å². The van der Waals surface area contributed by atoms with Crippen molar-refractivity contribution in [1.29, 1.82) is 0 Å². The molecule has 0 bridgehead atoms. The van der Waals surface area contributed by atoms with Crippen LogP contribution in [0.1, 0.15) is 6.42 Å². The van der Waals surface area contributed by atoms with Crippen LogP contribution in [0.3, 0.4) is 0 Å². The fourth-order valence-electron chi connectivity index (χ4n) is 3.62. The molecule has 0 atom stereocenters. The highest BCUT2D eigenvalue weighted by Crippen LogP contribution is 2.69. The van der Waals surface area contributed by atoms with Gasteiger partial charge in [-0.1, -0.05) is 0 Å². The first-order valence-electron chi connectivity index (χ1n) is 12.4. The molecule has 0 heterocycles. The average Bonchev–Trinajstić information content (AvgIpc) is 2.97. The van der Waals surface area contributed by atoms with E-state index in [1.54, 1.807) is 0 Å². The third kappa shape index (κ3) is 6.94. The van der Waals surface area contributed by atoms with Crippen LogP contribution in [0.4, 0.5) is 149 Å².